The fourth-order valence-corrected chi connectivity index (χ4v) is 3.01. The lowest BCUT2D eigenvalue weighted by Crippen LogP contribution is -2.12. The topological polar surface area (TPSA) is 54.9 Å². The lowest BCUT2D eigenvalue weighted by Gasteiger charge is -2.05. The minimum atomic E-state index is 0.0976. The number of hydrogen-bond donors (Lipinski definition) is 1. The molecule has 0 atom stereocenters. The summed E-state index contributed by atoms with van der Waals surface area (Å²) >= 11 is 13.0. The van der Waals surface area contributed by atoms with Crippen LogP contribution in [0.1, 0.15) is 26.7 Å². The smallest absolute Gasteiger partial charge is 0.227 e. The highest BCUT2D eigenvalue weighted by Crippen LogP contribution is 2.31. The second-order valence-corrected chi connectivity index (χ2v) is 6.50. The quantitative estimate of drug-likeness (QED) is 0.585. The molecule has 0 bridgehead atoms. The Morgan fingerprint density at radius 3 is 2.22 bits per heavy atom. The van der Waals surface area contributed by atoms with Gasteiger partial charge in [0, 0.05) is 22.6 Å². The number of aromatic nitrogens is 2. The Labute approximate surface area is 150 Å². The van der Waals surface area contributed by atoms with E-state index in [1.807, 2.05) is 38.1 Å². The molecule has 1 N–H and O–H groups in total. The van der Waals surface area contributed by atoms with Gasteiger partial charge in [0.25, 0.3) is 0 Å². The monoisotopic (exact) mass is 369 g/mol. The molecule has 1 fully saturated rings. The van der Waals surface area contributed by atoms with Crippen molar-refractivity contribution in [1.29, 1.82) is 0 Å². The molecule has 122 valence electrons. The average Bonchev–Trinajstić information content (AvgIpc) is 3.35. The second kappa shape index (κ2) is 8.52. The molecule has 1 saturated carbocycles. The third-order valence-electron chi connectivity index (χ3n) is 2.92. The van der Waals surface area contributed by atoms with Gasteiger partial charge in [0.2, 0.25) is 5.91 Å². The van der Waals surface area contributed by atoms with Gasteiger partial charge in [0.15, 0.2) is 5.16 Å². The van der Waals surface area contributed by atoms with E-state index in [4.69, 9.17) is 23.2 Å². The van der Waals surface area contributed by atoms with Crippen LogP contribution in [0.15, 0.2) is 40.4 Å². The van der Waals surface area contributed by atoms with Crippen molar-refractivity contribution in [2.45, 2.75) is 36.7 Å². The summed E-state index contributed by atoms with van der Waals surface area (Å²) < 4.78 is 0. The van der Waals surface area contributed by atoms with Gasteiger partial charge in [0.1, 0.15) is 10.3 Å². The summed E-state index contributed by atoms with van der Waals surface area (Å²) in [6, 6.07) is 8.99. The number of amides is 1. The summed E-state index contributed by atoms with van der Waals surface area (Å²) in [5.41, 5.74) is 0.793. The molecule has 1 aliphatic rings. The van der Waals surface area contributed by atoms with Crippen LogP contribution < -0.4 is 5.32 Å². The summed E-state index contributed by atoms with van der Waals surface area (Å²) in [5.74, 6) is 0.293. The Morgan fingerprint density at radius 1 is 1.13 bits per heavy atom. The van der Waals surface area contributed by atoms with Gasteiger partial charge in [-0.05, 0) is 48.9 Å². The van der Waals surface area contributed by atoms with Crippen LogP contribution in [0.5, 0.6) is 0 Å². The minimum Gasteiger partial charge on any atom is -0.326 e. The Morgan fingerprint density at radius 2 is 1.70 bits per heavy atom. The molecule has 0 aliphatic heterocycles. The number of nitrogens with zero attached hydrogens (tertiary/aromatic N) is 2. The van der Waals surface area contributed by atoms with E-state index in [-0.39, 0.29) is 11.8 Å². The summed E-state index contributed by atoms with van der Waals surface area (Å²) in [4.78, 5) is 20.8. The van der Waals surface area contributed by atoms with E-state index < -0.39 is 0 Å². The van der Waals surface area contributed by atoms with Crippen LogP contribution in [0.25, 0.3) is 0 Å². The van der Waals surface area contributed by atoms with Crippen molar-refractivity contribution in [3.05, 3.63) is 40.6 Å². The SMILES string of the molecule is CC.O=C(Nc1ccc(Sc2nc(Cl)cc(Cl)n2)cc1)C1CC1. The van der Waals surface area contributed by atoms with Gasteiger partial charge in [-0.15, -0.1) is 0 Å². The molecule has 1 aliphatic carbocycles. The molecule has 1 heterocycles. The number of hydrogen-bond acceptors (Lipinski definition) is 4. The molecule has 3 rings (SSSR count). The van der Waals surface area contributed by atoms with Crippen LogP contribution in [0.2, 0.25) is 10.3 Å². The number of carbonyl (C=O) groups is 1. The Balaban J connectivity index is 0.000000924. The van der Waals surface area contributed by atoms with Crippen molar-refractivity contribution in [3.8, 4) is 0 Å². The first kappa shape index (κ1) is 18.0. The second-order valence-electron chi connectivity index (χ2n) is 4.69. The van der Waals surface area contributed by atoms with Crippen molar-refractivity contribution < 1.29 is 4.79 Å². The highest BCUT2D eigenvalue weighted by Gasteiger charge is 2.29. The van der Waals surface area contributed by atoms with Crippen molar-refractivity contribution in [3.63, 3.8) is 0 Å². The first-order chi connectivity index (χ1) is 11.1. The van der Waals surface area contributed by atoms with E-state index >= 15 is 0 Å². The van der Waals surface area contributed by atoms with Gasteiger partial charge in [-0.3, -0.25) is 4.79 Å². The zero-order chi connectivity index (χ0) is 16.8. The molecule has 1 amide bonds. The van der Waals surface area contributed by atoms with E-state index in [0.717, 1.165) is 23.4 Å². The molecular formula is C16H17Cl2N3OS. The van der Waals surface area contributed by atoms with Crippen molar-refractivity contribution in [1.82, 2.24) is 9.97 Å². The van der Waals surface area contributed by atoms with Crippen molar-refractivity contribution in [2.24, 2.45) is 5.92 Å². The number of carbonyl (C=O) groups excluding carboxylic acids is 1. The first-order valence-electron chi connectivity index (χ1n) is 7.39. The molecule has 1 aromatic carbocycles. The third kappa shape index (κ3) is 5.68. The predicted octanol–water partition coefficient (Wildman–Crippen LogP) is 5.31. The first-order valence-corrected chi connectivity index (χ1v) is 8.96. The average molecular weight is 370 g/mol. The Hall–Kier alpha value is -1.30. The van der Waals surface area contributed by atoms with Crippen molar-refractivity contribution >= 4 is 46.6 Å². The van der Waals surface area contributed by atoms with Gasteiger partial charge in [-0.2, -0.15) is 0 Å². The minimum absolute atomic E-state index is 0.0976. The van der Waals surface area contributed by atoms with Crippen LogP contribution in [0.3, 0.4) is 0 Å². The Kier molecular flexibility index (Phi) is 6.69. The predicted molar refractivity (Wildman–Crippen MR) is 95.3 cm³/mol. The molecule has 0 unspecified atom stereocenters. The summed E-state index contributed by atoms with van der Waals surface area (Å²) in [6.07, 6.45) is 1.99. The van der Waals surface area contributed by atoms with Gasteiger partial charge in [-0.1, -0.05) is 37.0 Å². The molecule has 0 radical (unpaired) electrons. The number of halogens is 2. The molecule has 4 nitrogen and oxygen atoms in total. The zero-order valence-corrected chi connectivity index (χ0v) is 15.2. The molecule has 23 heavy (non-hydrogen) atoms. The normalized spacial score (nSPS) is 13.0. The lowest BCUT2D eigenvalue weighted by atomic mass is 10.3. The van der Waals surface area contributed by atoms with Crippen molar-refractivity contribution in [2.75, 3.05) is 5.32 Å². The summed E-state index contributed by atoms with van der Waals surface area (Å²) in [5, 5.41) is 4.00. The van der Waals surface area contributed by atoms with Gasteiger partial charge < -0.3 is 5.32 Å². The van der Waals surface area contributed by atoms with E-state index in [0.29, 0.717) is 15.5 Å². The van der Waals surface area contributed by atoms with Gasteiger partial charge in [0.05, 0.1) is 0 Å². The number of benzene rings is 1. The van der Waals surface area contributed by atoms with E-state index in [2.05, 4.69) is 15.3 Å². The maximum Gasteiger partial charge on any atom is 0.227 e. The standard InChI is InChI=1S/C14H11Cl2N3OS.C2H6/c15-11-7-12(16)19-14(18-11)21-10-5-3-9(4-6-10)17-13(20)8-1-2-8;1-2/h3-8H,1-2H2,(H,17,20);1-2H3. The highest BCUT2D eigenvalue weighted by atomic mass is 35.5. The van der Waals surface area contributed by atoms with Crippen LogP contribution >= 0.6 is 35.0 Å². The third-order valence-corrected chi connectivity index (χ3v) is 4.18. The maximum atomic E-state index is 11.7. The van der Waals surface area contributed by atoms with Crippen LogP contribution in [0, 0.1) is 5.92 Å². The fourth-order valence-electron chi connectivity index (χ4n) is 1.72. The molecular weight excluding hydrogens is 353 g/mol. The molecule has 2 aromatic rings. The number of anilines is 1. The summed E-state index contributed by atoms with van der Waals surface area (Å²) in [6.45, 7) is 4.00. The van der Waals surface area contributed by atoms with E-state index in [9.17, 15) is 4.79 Å². The largest absolute Gasteiger partial charge is 0.326 e. The lowest BCUT2D eigenvalue weighted by molar-refractivity contribution is -0.117. The summed E-state index contributed by atoms with van der Waals surface area (Å²) in [7, 11) is 0. The van der Waals surface area contributed by atoms with Gasteiger partial charge in [-0.25, -0.2) is 9.97 Å². The maximum absolute atomic E-state index is 11.7. The molecule has 7 heteroatoms. The Bertz CT molecular complexity index is 655. The highest BCUT2D eigenvalue weighted by molar-refractivity contribution is 7.99. The molecule has 0 spiro atoms. The zero-order valence-electron chi connectivity index (χ0n) is 12.8. The molecule has 1 aromatic heterocycles. The van der Waals surface area contributed by atoms with Crippen LogP contribution in [0.4, 0.5) is 5.69 Å². The number of rotatable bonds is 4. The molecule has 0 saturated heterocycles. The van der Waals surface area contributed by atoms with E-state index in [1.165, 1.54) is 17.8 Å². The van der Waals surface area contributed by atoms with E-state index in [1.54, 1.807) is 0 Å². The van der Waals surface area contributed by atoms with Crippen LogP contribution in [-0.2, 0) is 4.79 Å². The number of nitrogens with one attached hydrogen (secondary N) is 1. The van der Waals surface area contributed by atoms with Crippen LogP contribution in [-0.4, -0.2) is 15.9 Å². The fraction of sp³-hybridized carbons (Fsp3) is 0.312. The van der Waals surface area contributed by atoms with Gasteiger partial charge >= 0.3 is 0 Å².